The van der Waals surface area contributed by atoms with Gasteiger partial charge in [0.15, 0.2) is 8.38 Å². The van der Waals surface area contributed by atoms with Gasteiger partial charge in [0.1, 0.15) is 0 Å². The molecule has 0 atom stereocenters. The monoisotopic (exact) mass is 323 g/mol. The van der Waals surface area contributed by atoms with Crippen LogP contribution in [-0.2, 0) is 20.0 Å². The van der Waals surface area contributed by atoms with Crippen LogP contribution in [0.5, 0.6) is 0 Å². The van der Waals surface area contributed by atoms with Crippen molar-refractivity contribution in [1.29, 1.82) is 0 Å². The number of halogens is 3. The average molecular weight is 323 g/mol. The van der Waals surface area contributed by atoms with Crippen LogP contribution in [-0.4, -0.2) is 25.3 Å². The van der Waals surface area contributed by atoms with E-state index in [0.717, 1.165) is 5.56 Å². The van der Waals surface area contributed by atoms with Crippen LogP contribution in [0.2, 0.25) is 0 Å². The standard InChI is InChI=1S/C13H17F3NO3P/c1-3-19-21(20-4-2)9-10-5-7-11(8-6-10)17-12(18)13(14,15)16/h5-8H,3-4,9H2,1-2H3,(H,17,18). The van der Waals surface area contributed by atoms with Crippen molar-refractivity contribution in [3.05, 3.63) is 29.8 Å². The van der Waals surface area contributed by atoms with Crippen LogP contribution >= 0.6 is 8.38 Å². The summed E-state index contributed by atoms with van der Waals surface area (Å²) in [7, 11) is -1.05. The van der Waals surface area contributed by atoms with E-state index in [1.54, 1.807) is 17.4 Å². The van der Waals surface area contributed by atoms with Gasteiger partial charge in [0, 0.05) is 11.8 Å². The van der Waals surface area contributed by atoms with E-state index in [9.17, 15) is 18.0 Å². The van der Waals surface area contributed by atoms with E-state index in [2.05, 4.69) is 0 Å². The van der Waals surface area contributed by atoms with Crippen molar-refractivity contribution < 1.29 is 27.0 Å². The molecule has 0 bridgehead atoms. The number of hydrogen-bond donors (Lipinski definition) is 1. The lowest BCUT2D eigenvalue weighted by Gasteiger charge is -2.16. The molecular weight excluding hydrogens is 306 g/mol. The summed E-state index contributed by atoms with van der Waals surface area (Å²) in [6.45, 7) is 4.80. The predicted molar refractivity (Wildman–Crippen MR) is 75.0 cm³/mol. The maximum absolute atomic E-state index is 12.1. The van der Waals surface area contributed by atoms with Crippen molar-refractivity contribution >= 4 is 20.0 Å². The van der Waals surface area contributed by atoms with Gasteiger partial charge in [-0.3, -0.25) is 4.79 Å². The smallest absolute Gasteiger partial charge is 0.334 e. The van der Waals surface area contributed by atoms with E-state index in [4.69, 9.17) is 9.05 Å². The summed E-state index contributed by atoms with van der Waals surface area (Å²) < 4.78 is 47.2. The number of amides is 1. The largest absolute Gasteiger partial charge is 0.471 e. The second-order valence-electron chi connectivity index (χ2n) is 3.98. The minimum Gasteiger partial charge on any atom is -0.334 e. The van der Waals surface area contributed by atoms with Crippen LogP contribution in [0.25, 0.3) is 0 Å². The highest BCUT2D eigenvalue weighted by atomic mass is 31.2. The zero-order chi connectivity index (χ0) is 15.9. The van der Waals surface area contributed by atoms with Gasteiger partial charge in [0.05, 0.1) is 13.2 Å². The van der Waals surface area contributed by atoms with Crippen LogP contribution in [0.3, 0.4) is 0 Å². The highest BCUT2D eigenvalue weighted by molar-refractivity contribution is 7.46. The first kappa shape index (κ1) is 17.9. The summed E-state index contributed by atoms with van der Waals surface area (Å²) in [4.78, 5) is 10.8. The summed E-state index contributed by atoms with van der Waals surface area (Å²) >= 11 is 0. The number of hydrogen-bond acceptors (Lipinski definition) is 3. The van der Waals surface area contributed by atoms with Crippen LogP contribution in [0, 0.1) is 0 Å². The Labute approximate surface area is 122 Å². The number of nitrogens with one attached hydrogen (secondary N) is 1. The molecule has 0 unspecified atom stereocenters. The van der Waals surface area contributed by atoms with Crippen LogP contribution in [0.4, 0.5) is 18.9 Å². The normalized spacial score (nSPS) is 11.7. The second-order valence-corrected chi connectivity index (χ2v) is 5.47. The number of benzene rings is 1. The van der Waals surface area contributed by atoms with E-state index in [1.165, 1.54) is 12.1 Å². The first-order valence-electron chi connectivity index (χ1n) is 6.37. The number of alkyl halides is 3. The third kappa shape index (κ3) is 6.42. The molecule has 0 radical (unpaired) electrons. The third-order valence-corrected chi connectivity index (χ3v) is 4.04. The van der Waals surface area contributed by atoms with Gasteiger partial charge in [-0.1, -0.05) is 12.1 Å². The molecule has 21 heavy (non-hydrogen) atoms. The lowest BCUT2D eigenvalue weighted by Crippen LogP contribution is -2.29. The molecule has 118 valence electrons. The summed E-state index contributed by atoms with van der Waals surface area (Å²) in [6, 6.07) is 6.12. The van der Waals surface area contributed by atoms with E-state index in [0.29, 0.717) is 19.4 Å². The fourth-order valence-electron chi connectivity index (χ4n) is 1.46. The van der Waals surface area contributed by atoms with Gasteiger partial charge >= 0.3 is 12.1 Å². The van der Waals surface area contributed by atoms with Crippen molar-refractivity contribution in [2.75, 3.05) is 18.5 Å². The van der Waals surface area contributed by atoms with Gasteiger partial charge in [0.25, 0.3) is 0 Å². The first-order chi connectivity index (χ1) is 9.86. The van der Waals surface area contributed by atoms with Gasteiger partial charge in [-0.05, 0) is 31.5 Å². The summed E-state index contributed by atoms with van der Waals surface area (Å²) in [5.74, 6) is -1.99. The molecule has 0 aliphatic rings. The zero-order valence-electron chi connectivity index (χ0n) is 11.7. The van der Waals surface area contributed by atoms with Gasteiger partial charge < -0.3 is 14.4 Å². The Morgan fingerprint density at radius 2 is 1.67 bits per heavy atom. The molecule has 1 N–H and O–H groups in total. The van der Waals surface area contributed by atoms with Crippen molar-refractivity contribution in [3.8, 4) is 0 Å². The quantitative estimate of drug-likeness (QED) is 0.769. The molecule has 0 saturated heterocycles. The molecule has 1 aromatic rings. The van der Waals surface area contributed by atoms with Gasteiger partial charge in [-0.2, -0.15) is 13.2 Å². The SMILES string of the molecule is CCOP(Cc1ccc(NC(=O)C(F)(F)F)cc1)OCC. The number of carbonyl (C=O) groups excluding carboxylic acids is 1. The summed E-state index contributed by atoms with van der Waals surface area (Å²) in [6.07, 6.45) is -4.35. The fourth-order valence-corrected chi connectivity index (χ4v) is 2.80. The van der Waals surface area contributed by atoms with Crippen LogP contribution < -0.4 is 5.32 Å². The molecule has 0 aliphatic heterocycles. The lowest BCUT2D eigenvalue weighted by molar-refractivity contribution is -0.167. The molecule has 4 nitrogen and oxygen atoms in total. The average Bonchev–Trinajstić information content (AvgIpc) is 2.40. The van der Waals surface area contributed by atoms with Crippen molar-refractivity contribution in [2.45, 2.75) is 26.2 Å². The Morgan fingerprint density at radius 3 is 2.10 bits per heavy atom. The molecule has 0 spiro atoms. The molecule has 8 heteroatoms. The van der Waals surface area contributed by atoms with Crippen molar-refractivity contribution in [1.82, 2.24) is 0 Å². The Hall–Kier alpha value is -1.17. The number of carbonyl (C=O) groups is 1. The minimum atomic E-state index is -4.89. The number of anilines is 1. The van der Waals surface area contributed by atoms with E-state index in [-0.39, 0.29) is 5.69 Å². The summed E-state index contributed by atoms with van der Waals surface area (Å²) in [5, 5.41) is 1.79. The van der Waals surface area contributed by atoms with Gasteiger partial charge in [-0.25, -0.2) is 0 Å². The van der Waals surface area contributed by atoms with Crippen LogP contribution in [0.1, 0.15) is 19.4 Å². The Balaban J connectivity index is 2.63. The topological polar surface area (TPSA) is 47.6 Å². The van der Waals surface area contributed by atoms with Crippen molar-refractivity contribution in [3.63, 3.8) is 0 Å². The van der Waals surface area contributed by atoms with E-state index < -0.39 is 20.5 Å². The molecule has 0 heterocycles. The Morgan fingerprint density at radius 1 is 1.14 bits per heavy atom. The molecule has 0 aliphatic carbocycles. The maximum atomic E-state index is 12.1. The molecule has 1 rings (SSSR count). The molecule has 1 amide bonds. The molecule has 1 aromatic carbocycles. The van der Waals surface area contributed by atoms with E-state index in [1.807, 2.05) is 13.8 Å². The Bertz CT molecular complexity index is 445. The van der Waals surface area contributed by atoms with Crippen LogP contribution in [0.15, 0.2) is 24.3 Å². The Kier molecular flexibility index (Phi) is 7.08. The molecule has 0 aromatic heterocycles. The molecular formula is C13H17F3NO3P. The minimum absolute atomic E-state index is 0.0956. The summed E-state index contributed by atoms with van der Waals surface area (Å²) in [5.41, 5.74) is 0.964. The first-order valence-corrected chi connectivity index (χ1v) is 7.73. The maximum Gasteiger partial charge on any atom is 0.471 e. The van der Waals surface area contributed by atoms with Gasteiger partial charge in [0.2, 0.25) is 0 Å². The molecule has 0 saturated carbocycles. The lowest BCUT2D eigenvalue weighted by atomic mass is 10.2. The predicted octanol–water partition coefficient (Wildman–Crippen LogP) is 4.07. The highest BCUT2D eigenvalue weighted by Gasteiger charge is 2.38. The number of rotatable bonds is 7. The highest BCUT2D eigenvalue weighted by Crippen LogP contribution is 2.41. The third-order valence-electron chi connectivity index (χ3n) is 2.33. The van der Waals surface area contributed by atoms with E-state index >= 15 is 0 Å². The van der Waals surface area contributed by atoms with Crippen molar-refractivity contribution in [2.24, 2.45) is 0 Å². The molecule has 0 fully saturated rings. The van der Waals surface area contributed by atoms with Gasteiger partial charge in [-0.15, -0.1) is 0 Å². The second kappa shape index (κ2) is 8.32. The zero-order valence-corrected chi connectivity index (χ0v) is 12.6. The fraction of sp³-hybridized carbons (Fsp3) is 0.462.